The van der Waals surface area contributed by atoms with E-state index >= 15 is 0 Å². The number of hydrogen-bond donors (Lipinski definition) is 3. The highest BCUT2D eigenvalue weighted by atomic mass is 16.5. The Kier molecular flexibility index (Phi) is 4.41. The molecule has 1 atom stereocenters. The van der Waals surface area contributed by atoms with Gasteiger partial charge in [-0.3, -0.25) is 5.10 Å². The summed E-state index contributed by atoms with van der Waals surface area (Å²) in [6, 6.07) is 5.10. The number of hydrogen-bond acceptors (Lipinski definition) is 6. The van der Waals surface area contributed by atoms with Crippen LogP contribution in [-0.2, 0) is 0 Å². The molecule has 0 spiro atoms. The van der Waals surface area contributed by atoms with Crippen LogP contribution in [0.3, 0.4) is 0 Å². The molecule has 2 aromatic rings. The summed E-state index contributed by atoms with van der Waals surface area (Å²) in [5.41, 5.74) is 12.5. The van der Waals surface area contributed by atoms with Gasteiger partial charge in [0, 0.05) is 0 Å². The standard InChI is InChI=1S/C13H19N5O2/c1-3-19-9-6-5-8(7-10(9)20-4-2)11(14)12-16-13(15)18-17-12/h5-7,11H,3-4,14H2,1-2H3,(H3,15,16,17,18). The van der Waals surface area contributed by atoms with E-state index in [0.717, 1.165) is 5.56 Å². The molecule has 0 aliphatic heterocycles. The first-order valence-electron chi connectivity index (χ1n) is 6.48. The highest BCUT2D eigenvalue weighted by Crippen LogP contribution is 2.31. The van der Waals surface area contributed by atoms with Crippen LogP contribution < -0.4 is 20.9 Å². The summed E-state index contributed by atoms with van der Waals surface area (Å²) in [6.07, 6.45) is 0. The monoisotopic (exact) mass is 277 g/mol. The predicted molar refractivity (Wildman–Crippen MR) is 75.6 cm³/mol. The second kappa shape index (κ2) is 6.25. The van der Waals surface area contributed by atoms with E-state index in [0.29, 0.717) is 30.5 Å². The summed E-state index contributed by atoms with van der Waals surface area (Å²) in [6.45, 7) is 4.96. The number of nitrogens with one attached hydrogen (secondary N) is 1. The van der Waals surface area contributed by atoms with Crippen molar-refractivity contribution in [1.29, 1.82) is 0 Å². The molecule has 1 unspecified atom stereocenters. The summed E-state index contributed by atoms with van der Waals surface area (Å²) in [5.74, 6) is 2.04. The number of benzene rings is 1. The van der Waals surface area contributed by atoms with Crippen molar-refractivity contribution in [2.24, 2.45) is 5.73 Å². The molecule has 1 heterocycles. The average Bonchev–Trinajstić information content (AvgIpc) is 2.87. The summed E-state index contributed by atoms with van der Waals surface area (Å²) in [5, 5.41) is 6.49. The summed E-state index contributed by atoms with van der Waals surface area (Å²) >= 11 is 0. The van der Waals surface area contributed by atoms with Crippen molar-refractivity contribution in [3.05, 3.63) is 29.6 Å². The van der Waals surface area contributed by atoms with Gasteiger partial charge in [-0.2, -0.15) is 4.98 Å². The maximum Gasteiger partial charge on any atom is 0.239 e. The lowest BCUT2D eigenvalue weighted by Gasteiger charge is -2.14. The zero-order valence-electron chi connectivity index (χ0n) is 11.6. The molecule has 2 rings (SSSR count). The van der Waals surface area contributed by atoms with Gasteiger partial charge >= 0.3 is 0 Å². The van der Waals surface area contributed by atoms with Crippen molar-refractivity contribution in [3.8, 4) is 11.5 Å². The van der Waals surface area contributed by atoms with E-state index in [-0.39, 0.29) is 5.95 Å². The zero-order valence-corrected chi connectivity index (χ0v) is 11.6. The van der Waals surface area contributed by atoms with Crippen LogP contribution in [-0.4, -0.2) is 28.4 Å². The van der Waals surface area contributed by atoms with Gasteiger partial charge in [0.25, 0.3) is 0 Å². The number of ether oxygens (including phenoxy) is 2. The van der Waals surface area contributed by atoms with E-state index in [1.165, 1.54) is 0 Å². The van der Waals surface area contributed by atoms with Crippen LogP contribution in [0.2, 0.25) is 0 Å². The summed E-state index contributed by atoms with van der Waals surface area (Å²) < 4.78 is 11.1. The summed E-state index contributed by atoms with van der Waals surface area (Å²) in [7, 11) is 0. The molecule has 0 aliphatic rings. The van der Waals surface area contributed by atoms with Crippen molar-refractivity contribution < 1.29 is 9.47 Å². The lowest BCUT2D eigenvalue weighted by molar-refractivity contribution is 0.287. The topological polar surface area (TPSA) is 112 Å². The minimum Gasteiger partial charge on any atom is -0.490 e. The third-order valence-corrected chi connectivity index (χ3v) is 2.74. The molecule has 0 amide bonds. The maximum atomic E-state index is 6.13. The van der Waals surface area contributed by atoms with Gasteiger partial charge in [0.1, 0.15) is 5.82 Å². The Morgan fingerprint density at radius 1 is 1.20 bits per heavy atom. The Labute approximate surface area is 117 Å². The van der Waals surface area contributed by atoms with E-state index in [9.17, 15) is 0 Å². The predicted octanol–water partition coefficient (Wildman–Crippen LogP) is 1.23. The fourth-order valence-electron chi connectivity index (χ4n) is 1.85. The van der Waals surface area contributed by atoms with Crippen LogP contribution in [0, 0.1) is 0 Å². The fourth-order valence-corrected chi connectivity index (χ4v) is 1.85. The van der Waals surface area contributed by atoms with Crippen LogP contribution in [0.1, 0.15) is 31.3 Å². The molecular formula is C13H19N5O2. The number of H-pyrrole nitrogens is 1. The average molecular weight is 277 g/mol. The van der Waals surface area contributed by atoms with Crippen molar-refractivity contribution in [2.75, 3.05) is 18.9 Å². The van der Waals surface area contributed by atoms with Gasteiger partial charge in [-0.05, 0) is 31.5 Å². The van der Waals surface area contributed by atoms with Crippen molar-refractivity contribution in [2.45, 2.75) is 19.9 Å². The van der Waals surface area contributed by atoms with Crippen LogP contribution in [0.25, 0.3) is 0 Å². The van der Waals surface area contributed by atoms with E-state index in [4.69, 9.17) is 20.9 Å². The molecule has 0 bridgehead atoms. The summed E-state index contributed by atoms with van der Waals surface area (Å²) in [4.78, 5) is 4.04. The first-order valence-corrected chi connectivity index (χ1v) is 6.48. The Balaban J connectivity index is 2.29. The number of aromatic amines is 1. The van der Waals surface area contributed by atoms with E-state index in [1.807, 2.05) is 32.0 Å². The van der Waals surface area contributed by atoms with Crippen LogP contribution in [0.5, 0.6) is 11.5 Å². The Morgan fingerprint density at radius 2 is 1.90 bits per heavy atom. The zero-order chi connectivity index (χ0) is 14.5. The largest absolute Gasteiger partial charge is 0.490 e. The molecule has 1 aromatic carbocycles. The molecule has 0 saturated carbocycles. The lowest BCUT2D eigenvalue weighted by Crippen LogP contribution is -2.14. The van der Waals surface area contributed by atoms with Gasteiger partial charge < -0.3 is 20.9 Å². The number of nitrogen functional groups attached to an aromatic ring is 1. The smallest absolute Gasteiger partial charge is 0.239 e. The van der Waals surface area contributed by atoms with Gasteiger partial charge in [-0.25, -0.2) is 0 Å². The Morgan fingerprint density at radius 3 is 2.50 bits per heavy atom. The number of aromatic nitrogens is 3. The van der Waals surface area contributed by atoms with Gasteiger partial charge in [0.05, 0.1) is 19.3 Å². The molecule has 0 fully saturated rings. The second-order valence-electron chi connectivity index (χ2n) is 4.13. The highest BCUT2D eigenvalue weighted by molar-refractivity contribution is 5.45. The van der Waals surface area contributed by atoms with E-state index in [1.54, 1.807) is 0 Å². The van der Waals surface area contributed by atoms with Gasteiger partial charge in [0.2, 0.25) is 5.95 Å². The molecule has 7 nitrogen and oxygen atoms in total. The second-order valence-corrected chi connectivity index (χ2v) is 4.13. The first kappa shape index (κ1) is 14.1. The number of anilines is 1. The van der Waals surface area contributed by atoms with Crippen molar-refractivity contribution in [3.63, 3.8) is 0 Å². The molecule has 0 radical (unpaired) electrons. The van der Waals surface area contributed by atoms with Crippen molar-refractivity contribution in [1.82, 2.24) is 15.2 Å². The van der Waals surface area contributed by atoms with Gasteiger partial charge in [-0.1, -0.05) is 6.07 Å². The SMILES string of the molecule is CCOc1ccc(C(N)c2nc(N)n[nH]2)cc1OCC. The molecule has 1 aromatic heterocycles. The quantitative estimate of drug-likeness (QED) is 0.732. The molecule has 7 heteroatoms. The lowest BCUT2D eigenvalue weighted by atomic mass is 10.1. The number of nitrogens with zero attached hydrogens (tertiary/aromatic N) is 2. The maximum absolute atomic E-state index is 6.13. The van der Waals surface area contributed by atoms with Gasteiger partial charge in [0.15, 0.2) is 11.5 Å². The Bertz CT molecular complexity index is 570. The molecule has 0 aliphatic carbocycles. The molecule has 108 valence electrons. The first-order chi connectivity index (χ1) is 9.65. The minimum absolute atomic E-state index is 0.173. The molecule has 20 heavy (non-hydrogen) atoms. The fraction of sp³-hybridized carbons (Fsp3) is 0.385. The van der Waals surface area contributed by atoms with E-state index in [2.05, 4.69) is 15.2 Å². The Hall–Kier alpha value is -2.28. The molecule has 0 saturated heterocycles. The normalized spacial score (nSPS) is 12.2. The van der Waals surface area contributed by atoms with Crippen molar-refractivity contribution >= 4 is 5.95 Å². The van der Waals surface area contributed by atoms with Gasteiger partial charge in [-0.15, -0.1) is 5.10 Å². The van der Waals surface area contributed by atoms with E-state index < -0.39 is 6.04 Å². The van der Waals surface area contributed by atoms with Crippen LogP contribution in [0.4, 0.5) is 5.95 Å². The highest BCUT2D eigenvalue weighted by Gasteiger charge is 2.16. The van der Waals surface area contributed by atoms with Crippen LogP contribution in [0.15, 0.2) is 18.2 Å². The number of nitrogens with two attached hydrogens (primary N) is 2. The third kappa shape index (κ3) is 3.00. The molecular weight excluding hydrogens is 258 g/mol. The third-order valence-electron chi connectivity index (χ3n) is 2.74. The van der Waals surface area contributed by atoms with Crippen LogP contribution >= 0.6 is 0 Å². The minimum atomic E-state index is -0.449. The molecule has 5 N–H and O–H groups in total. The number of rotatable bonds is 6.